The highest BCUT2D eigenvalue weighted by Crippen LogP contribution is 2.11. The van der Waals surface area contributed by atoms with Gasteiger partial charge < -0.3 is 8.83 Å². The molecule has 1 N–H and O–H groups in total. The first-order valence-corrected chi connectivity index (χ1v) is 7.28. The minimum Gasteiger partial charge on any atom is -0.462 e. The van der Waals surface area contributed by atoms with Crippen molar-refractivity contribution in [2.75, 3.05) is 0 Å². The normalized spacial score (nSPS) is 11.3. The average molecular weight is 343 g/mol. The van der Waals surface area contributed by atoms with E-state index < -0.39 is 11.7 Å². The first-order valence-electron chi connectivity index (χ1n) is 6.91. The van der Waals surface area contributed by atoms with E-state index in [1.54, 1.807) is 42.5 Å². The maximum Gasteiger partial charge on any atom is 0.271 e. The van der Waals surface area contributed by atoms with Crippen LogP contribution in [-0.4, -0.2) is 17.4 Å². The van der Waals surface area contributed by atoms with E-state index in [0.717, 1.165) is 0 Å². The van der Waals surface area contributed by atoms with E-state index >= 15 is 0 Å². The molecule has 0 saturated carbocycles. The van der Waals surface area contributed by atoms with E-state index in [9.17, 15) is 9.59 Å². The van der Waals surface area contributed by atoms with Crippen LogP contribution in [0, 0.1) is 0 Å². The number of ketones is 1. The summed E-state index contributed by atoms with van der Waals surface area (Å²) in [5.74, 6) is -0.687. The Balaban J connectivity index is 1.85. The summed E-state index contributed by atoms with van der Waals surface area (Å²) in [6.45, 7) is 0. The third-order valence-corrected chi connectivity index (χ3v) is 3.34. The van der Waals surface area contributed by atoms with Crippen LogP contribution in [0.15, 0.2) is 75.0 Å². The van der Waals surface area contributed by atoms with Gasteiger partial charge in [0.1, 0.15) is 0 Å². The molecule has 1 aromatic carbocycles. The van der Waals surface area contributed by atoms with E-state index in [4.69, 9.17) is 20.4 Å². The number of carbonyl (C=O) groups excluding carboxylic acids is 2. The van der Waals surface area contributed by atoms with Crippen molar-refractivity contribution in [3.8, 4) is 0 Å². The monoisotopic (exact) mass is 342 g/mol. The van der Waals surface area contributed by atoms with Gasteiger partial charge in [-0.05, 0) is 48.5 Å². The van der Waals surface area contributed by atoms with E-state index in [1.165, 1.54) is 18.6 Å². The zero-order valence-electron chi connectivity index (χ0n) is 12.2. The van der Waals surface area contributed by atoms with Crippen molar-refractivity contribution >= 4 is 29.0 Å². The molecule has 6 nitrogen and oxygen atoms in total. The number of hydrogen-bond donors (Lipinski definition) is 1. The van der Waals surface area contributed by atoms with E-state index in [-0.39, 0.29) is 17.2 Å². The first kappa shape index (κ1) is 15.8. The Morgan fingerprint density at radius 1 is 0.917 bits per heavy atom. The predicted octanol–water partition coefficient (Wildman–Crippen LogP) is 3.54. The fourth-order valence-electron chi connectivity index (χ4n) is 1.93. The van der Waals surface area contributed by atoms with Crippen molar-refractivity contribution in [2.24, 2.45) is 5.10 Å². The lowest BCUT2D eigenvalue weighted by molar-refractivity contribution is 0.0954. The highest BCUT2D eigenvalue weighted by molar-refractivity contribution is 6.50. The lowest BCUT2D eigenvalue weighted by Gasteiger charge is -2.03. The fourth-order valence-corrected chi connectivity index (χ4v) is 2.05. The Hall–Kier alpha value is -3.12. The van der Waals surface area contributed by atoms with Gasteiger partial charge in [0.05, 0.1) is 12.5 Å². The number of amides is 1. The number of nitrogens with zero attached hydrogens (tertiary/aromatic N) is 1. The van der Waals surface area contributed by atoms with Crippen LogP contribution in [0.1, 0.15) is 26.7 Å². The summed E-state index contributed by atoms with van der Waals surface area (Å²) < 4.78 is 10.3. The third kappa shape index (κ3) is 3.44. The van der Waals surface area contributed by atoms with Crippen molar-refractivity contribution in [1.82, 2.24) is 5.43 Å². The molecule has 0 unspecified atom stereocenters. The predicted molar refractivity (Wildman–Crippen MR) is 87.2 cm³/mol. The molecule has 7 heteroatoms. The molecule has 120 valence electrons. The number of carbonyl (C=O) groups is 2. The zero-order chi connectivity index (χ0) is 16.9. The second kappa shape index (κ2) is 6.97. The molecule has 0 atom stereocenters. The van der Waals surface area contributed by atoms with Gasteiger partial charge in [-0.25, -0.2) is 5.43 Å². The summed E-state index contributed by atoms with van der Waals surface area (Å²) in [5.41, 5.74) is 2.62. The van der Waals surface area contributed by atoms with Crippen molar-refractivity contribution in [3.63, 3.8) is 0 Å². The van der Waals surface area contributed by atoms with Crippen LogP contribution >= 0.6 is 11.6 Å². The zero-order valence-corrected chi connectivity index (χ0v) is 13.0. The van der Waals surface area contributed by atoms with Crippen LogP contribution in [0.5, 0.6) is 0 Å². The number of benzene rings is 1. The summed E-state index contributed by atoms with van der Waals surface area (Å²) in [6, 6.07) is 12.5. The number of hydrazone groups is 1. The molecular weight excluding hydrogens is 332 g/mol. The van der Waals surface area contributed by atoms with Crippen molar-refractivity contribution in [3.05, 3.63) is 83.2 Å². The van der Waals surface area contributed by atoms with Crippen molar-refractivity contribution in [2.45, 2.75) is 0 Å². The lowest BCUT2D eigenvalue weighted by Crippen LogP contribution is -2.24. The molecule has 3 rings (SSSR count). The Morgan fingerprint density at radius 3 is 2.12 bits per heavy atom. The molecule has 1 amide bonds. The van der Waals surface area contributed by atoms with Crippen LogP contribution in [0.2, 0.25) is 5.02 Å². The fraction of sp³-hybridized carbons (Fsp3) is 0. The maximum absolute atomic E-state index is 12.4. The lowest BCUT2D eigenvalue weighted by atomic mass is 10.1. The Morgan fingerprint density at radius 2 is 1.54 bits per heavy atom. The third-order valence-electron chi connectivity index (χ3n) is 3.09. The van der Waals surface area contributed by atoms with Gasteiger partial charge in [-0.2, -0.15) is 5.10 Å². The van der Waals surface area contributed by atoms with Gasteiger partial charge in [0.2, 0.25) is 0 Å². The topological polar surface area (TPSA) is 84.8 Å². The number of furan rings is 2. The van der Waals surface area contributed by atoms with Gasteiger partial charge in [0.25, 0.3) is 11.7 Å². The molecule has 0 bridgehead atoms. The molecule has 2 heterocycles. The van der Waals surface area contributed by atoms with Crippen LogP contribution in [0.3, 0.4) is 0 Å². The number of halogens is 1. The maximum atomic E-state index is 12.4. The second-order valence-electron chi connectivity index (χ2n) is 4.69. The highest BCUT2D eigenvalue weighted by Gasteiger charge is 2.22. The molecule has 2 aromatic heterocycles. The van der Waals surface area contributed by atoms with Crippen molar-refractivity contribution < 1.29 is 18.4 Å². The summed E-state index contributed by atoms with van der Waals surface area (Å²) in [7, 11) is 0. The molecule has 0 fully saturated rings. The molecule has 3 aromatic rings. The summed E-state index contributed by atoms with van der Waals surface area (Å²) in [4.78, 5) is 24.6. The van der Waals surface area contributed by atoms with E-state index in [2.05, 4.69) is 10.5 Å². The minimum atomic E-state index is -0.508. The van der Waals surface area contributed by atoms with Gasteiger partial charge in [-0.1, -0.05) is 11.6 Å². The number of hydrogen-bond acceptors (Lipinski definition) is 5. The molecule has 0 saturated heterocycles. The second-order valence-corrected chi connectivity index (χ2v) is 5.13. The van der Waals surface area contributed by atoms with E-state index in [1.807, 2.05) is 0 Å². The Bertz CT molecular complexity index is 866. The van der Waals surface area contributed by atoms with Crippen molar-refractivity contribution in [1.29, 1.82) is 0 Å². The first-order chi connectivity index (χ1) is 11.6. The molecule has 0 aliphatic heterocycles. The summed E-state index contributed by atoms with van der Waals surface area (Å²) in [5, 5.41) is 4.41. The summed E-state index contributed by atoms with van der Waals surface area (Å²) in [6.07, 6.45) is 2.78. The Kier molecular flexibility index (Phi) is 4.58. The van der Waals surface area contributed by atoms with Gasteiger partial charge >= 0.3 is 0 Å². The van der Waals surface area contributed by atoms with Gasteiger partial charge in [-0.15, -0.1) is 0 Å². The smallest absolute Gasteiger partial charge is 0.271 e. The molecule has 0 radical (unpaired) electrons. The van der Waals surface area contributed by atoms with Gasteiger partial charge in [0.15, 0.2) is 17.2 Å². The molecular formula is C17H11ClN2O4. The SMILES string of the molecule is O=C(N/N=C(\C(=O)c1ccco1)c1ccco1)c1ccc(Cl)cc1. The van der Waals surface area contributed by atoms with Crippen LogP contribution in [0.25, 0.3) is 0 Å². The minimum absolute atomic E-state index is 0.0720. The number of Topliss-reactive ketones (excluding diaryl/α,β-unsaturated/α-hetero) is 1. The Labute approximate surface area is 141 Å². The number of nitrogens with one attached hydrogen (secondary N) is 1. The highest BCUT2D eigenvalue weighted by atomic mass is 35.5. The van der Waals surface area contributed by atoms with Gasteiger partial charge in [-0.3, -0.25) is 9.59 Å². The summed E-state index contributed by atoms with van der Waals surface area (Å²) >= 11 is 5.78. The van der Waals surface area contributed by atoms with Crippen LogP contribution < -0.4 is 5.43 Å². The van der Waals surface area contributed by atoms with Crippen LogP contribution in [-0.2, 0) is 0 Å². The largest absolute Gasteiger partial charge is 0.462 e. The van der Waals surface area contributed by atoms with E-state index in [0.29, 0.717) is 10.6 Å². The standard InChI is InChI=1S/C17H11ClN2O4/c18-12-7-5-11(6-8-12)17(22)20-19-15(13-3-1-9-23-13)16(21)14-4-2-10-24-14/h1-10H,(H,20,22)/b19-15-. The average Bonchev–Trinajstić information content (AvgIpc) is 3.29. The quantitative estimate of drug-likeness (QED) is 0.436. The molecule has 0 spiro atoms. The van der Waals surface area contributed by atoms with Crippen LogP contribution in [0.4, 0.5) is 0 Å². The molecule has 0 aliphatic rings. The number of rotatable bonds is 5. The van der Waals surface area contributed by atoms with Gasteiger partial charge in [0, 0.05) is 10.6 Å². The molecule has 0 aliphatic carbocycles. The molecule has 24 heavy (non-hydrogen) atoms.